The molecule has 1 aromatic carbocycles. The van der Waals surface area contributed by atoms with Gasteiger partial charge in [0.2, 0.25) is 0 Å². The fourth-order valence-corrected chi connectivity index (χ4v) is 1.46. The average molecular weight is 181 g/mol. The Hall–Kier alpha value is -0.890. The number of nitrogens with two attached hydrogens (primary N) is 1. The fraction of sp³-hybridized carbons (Fsp3) is 0.455. The first-order valence-corrected chi connectivity index (χ1v) is 4.73. The third-order valence-corrected chi connectivity index (χ3v) is 2.33. The van der Waals surface area contributed by atoms with Crippen molar-refractivity contribution in [3.05, 3.63) is 35.1 Å². The molecule has 0 unspecified atom stereocenters. The second kappa shape index (κ2) is 4.38. The summed E-state index contributed by atoms with van der Waals surface area (Å²) >= 11 is 0. The van der Waals surface area contributed by atoms with Crippen LogP contribution in [0.25, 0.3) is 0 Å². The summed E-state index contributed by atoms with van der Waals surface area (Å²) in [6, 6.07) is 4.88. The molecule has 0 saturated carbocycles. The van der Waals surface area contributed by atoms with Crippen molar-refractivity contribution in [3.63, 3.8) is 0 Å². The van der Waals surface area contributed by atoms with Gasteiger partial charge >= 0.3 is 0 Å². The van der Waals surface area contributed by atoms with Crippen LogP contribution in [0.5, 0.6) is 0 Å². The van der Waals surface area contributed by atoms with Crippen molar-refractivity contribution >= 4 is 0 Å². The van der Waals surface area contributed by atoms with Crippen LogP contribution in [-0.2, 0) is 6.42 Å². The lowest BCUT2D eigenvalue weighted by Gasteiger charge is -2.13. The van der Waals surface area contributed by atoms with Gasteiger partial charge in [-0.05, 0) is 36.1 Å². The summed E-state index contributed by atoms with van der Waals surface area (Å²) in [6.45, 7) is 4.05. The normalized spacial score (nSPS) is 12.9. The van der Waals surface area contributed by atoms with Crippen LogP contribution in [0, 0.1) is 5.82 Å². The minimum absolute atomic E-state index is 0.0375. The molecule has 0 radical (unpaired) electrons. The number of rotatable bonds is 3. The molecule has 13 heavy (non-hydrogen) atoms. The summed E-state index contributed by atoms with van der Waals surface area (Å²) < 4.78 is 12.9. The van der Waals surface area contributed by atoms with Gasteiger partial charge in [0.15, 0.2) is 0 Å². The van der Waals surface area contributed by atoms with Gasteiger partial charge in [0.25, 0.3) is 0 Å². The van der Waals surface area contributed by atoms with E-state index in [1.807, 2.05) is 13.8 Å². The van der Waals surface area contributed by atoms with Crippen LogP contribution in [0.1, 0.15) is 37.4 Å². The van der Waals surface area contributed by atoms with E-state index in [0.717, 1.165) is 24.0 Å². The standard InChI is InChI=1S/C11H16FN/c1-3-8-7-9(12)5-6-10(8)11(13)4-2/h5-7,11H,3-4,13H2,1-2H3/t11-/m0/s1. The lowest BCUT2D eigenvalue weighted by atomic mass is 9.97. The van der Waals surface area contributed by atoms with E-state index in [2.05, 4.69) is 0 Å². The van der Waals surface area contributed by atoms with E-state index in [0.29, 0.717) is 0 Å². The molecule has 1 nitrogen and oxygen atoms in total. The van der Waals surface area contributed by atoms with Gasteiger partial charge < -0.3 is 5.73 Å². The van der Waals surface area contributed by atoms with Gasteiger partial charge in [-0.25, -0.2) is 4.39 Å². The summed E-state index contributed by atoms with van der Waals surface area (Å²) in [5.74, 6) is -0.177. The predicted octanol–water partition coefficient (Wildman–Crippen LogP) is 2.80. The third-order valence-electron chi connectivity index (χ3n) is 2.33. The van der Waals surface area contributed by atoms with Crippen LogP contribution >= 0.6 is 0 Å². The first kappa shape index (κ1) is 10.2. The van der Waals surface area contributed by atoms with Crippen LogP contribution in [0.2, 0.25) is 0 Å². The maximum absolute atomic E-state index is 12.9. The number of halogens is 1. The molecule has 0 saturated heterocycles. The molecular formula is C11H16FN. The minimum Gasteiger partial charge on any atom is -0.324 e. The topological polar surface area (TPSA) is 26.0 Å². The molecule has 2 N–H and O–H groups in total. The number of hydrogen-bond acceptors (Lipinski definition) is 1. The highest BCUT2D eigenvalue weighted by Crippen LogP contribution is 2.20. The quantitative estimate of drug-likeness (QED) is 0.762. The van der Waals surface area contributed by atoms with Gasteiger partial charge in [-0.3, -0.25) is 0 Å². The SMILES string of the molecule is CCc1cc(F)ccc1[C@@H](N)CC. The van der Waals surface area contributed by atoms with E-state index in [4.69, 9.17) is 5.73 Å². The van der Waals surface area contributed by atoms with Gasteiger partial charge in [-0.15, -0.1) is 0 Å². The number of aryl methyl sites for hydroxylation is 1. The maximum atomic E-state index is 12.9. The van der Waals surface area contributed by atoms with E-state index < -0.39 is 0 Å². The van der Waals surface area contributed by atoms with Crippen LogP contribution < -0.4 is 5.73 Å². The average Bonchev–Trinajstić information content (AvgIpc) is 2.16. The van der Waals surface area contributed by atoms with Crippen molar-refractivity contribution in [3.8, 4) is 0 Å². The lowest BCUT2D eigenvalue weighted by molar-refractivity contribution is 0.619. The number of hydrogen-bond donors (Lipinski definition) is 1. The van der Waals surface area contributed by atoms with Gasteiger partial charge in [0.1, 0.15) is 5.82 Å². The number of benzene rings is 1. The molecular weight excluding hydrogens is 165 g/mol. The fourth-order valence-electron chi connectivity index (χ4n) is 1.46. The summed E-state index contributed by atoms with van der Waals surface area (Å²) in [5.41, 5.74) is 8.00. The van der Waals surface area contributed by atoms with E-state index in [1.165, 1.54) is 6.07 Å². The van der Waals surface area contributed by atoms with Crippen molar-refractivity contribution in [2.45, 2.75) is 32.7 Å². The molecule has 1 rings (SSSR count). The Balaban J connectivity index is 3.05. The molecule has 72 valence electrons. The molecule has 1 atom stereocenters. The highest BCUT2D eigenvalue weighted by molar-refractivity contribution is 5.30. The smallest absolute Gasteiger partial charge is 0.123 e. The predicted molar refractivity (Wildman–Crippen MR) is 53.0 cm³/mol. The summed E-state index contributed by atoms with van der Waals surface area (Å²) in [7, 11) is 0. The third kappa shape index (κ3) is 2.28. The van der Waals surface area contributed by atoms with E-state index in [9.17, 15) is 4.39 Å². The second-order valence-electron chi connectivity index (χ2n) is 3.21. The van der Waals surface area contributed by atoms with Crippen molar-refractivity contribution in [1.82, 2.24) is 0 Å². The largest absolute Gasteiger partial charge is 0.324 e. The molecule has 0 bridgehead atoms. The summed E-state index contributed by atoms with van der Waals surface area (Å²) in [5, 5.41) is 0. The Morgan fingerprint density at radius 1 is 1.38 bits per heavy atom. The second-order valence-corrected chi connectivity index (χ2v) is 3.21. The molecule has 0 aromatic heterocycles. The van der Waals surface area contributed by atoms with Gasteiger partial charge in [-0.2, -0.15) is 0 Å². The zero-order valence-corrected chi connectivity index (χ0v) is 8.18. The molecule has 0 aliphatic carbocycles. The van der Waals surface area contributed by atoms with Gasteiger partial charge in [0, 0.05) is 6.04 Å². The molecule has 1 aromatic rings. The molecule has 0 spiro atoms. The first-order chi connectivity index (χ1) is 6.19. The Kier molecular flexibility index (Phi) is 3.43. The Bertz CT molecular complexity index is 283. The Morgan fingerprint density at radius 2 is 2.08 bits per heavy atom. The van der Waals surface area contributed by atoms with Crippen LogP contribution in [-0.4, -0.2) is 0 Å². The highest BCUT2D eigenvalue weighted by Gasteiger charge is 2.08. The molecule has 2 heteroatoms. The van der Waals surface area contributed by atoms with Crippen molar-refractivity contribution in [2.24, 2.45) is 5.73 Å². The summed E-state index contributed by atoms with van der Waals surface area (Å²) in [6.07, 6.45) is 1.72. The Labute approximate surface area is 78.8 Å². The summed E-state index contributed by atoms with van der Waals surface area (Å²) in [4.78, 5) is 0. The van der Waals surface area contributed by atoms with Crippen molar-refractivity contribution < 1.29 is 4.39 Å². The molecule has 0 heterocycles. The zero-order chi connectivity index (χ0) is 9.84. The van der Waals surface area contributed by atoms with E-state index in [1.54, 1.807) is 12.1 Å². The first-order valence-electron chi connectivity index (χ1n) is 4.73. The van der Waals surface area contributed by atoms with Gasteiger partial charge in [0.05, 0.1) is 0 Å². The van der Waals surface area contributed by atoms with Gasteiger partial charge in [-0.1, -0.05) is 19.9 Å². The van der Waals surface area contributed by atoms with Crippen molar-refractivity contribution in [2.75, 3.05) is 0 Å². The molecule has 0 aliphatic heterocycles. The van der Waals surface area contributed by atoms with Crippen LogP contribution in [0.4, 0.5) is 4.39 Å². The Morgan fingerprint density at radius 3 is 2.62 bits per heavy atom. The maximum Gasteiger partial charge on any atom is 0.123 e. The highest BCUT2D eigenvalue weighted by atomic mass is 19.1. The minimum atomic E-state index is -0.177. The van der Waals surface area contributed by atoms with Crippen molar-refractivity contribution in [1.29, 1.82) is 0 Å². The monoisotopic (exact) mass is 181 g/mol. The van der Waals surface area contributed by atoms with E-state index >= 15 is 0 Å². The van der Waals surface area contributed by atoms with Crippen LogP contribution in [0.15, 0.2) is 18.2 Å². The molecule has 0 fully saturated rings. The lowest BCUT2D eigenvalue weighted by Crippen LogP contribution is -2.11. The van der Waals surface area contributed by atoms with E-state index in [-0.39, 0.29) is 11.9 Å². The molecule has 0 amide bonds. The zero-order valence-electron chi connectivity index (χ0n) is 8.18. The molecule has 0 aliphatic rings. The van der Waals surface area contributed by atoms with Crippen LogP contribution in [0.3, 0.4) is 0 Å².